The molecule has 0 saturated carbocycles. The number of hydrogen-bond acceptors (Lipinski definition) is 7. The average molecular weight is 318 g/mol. The molecule has 2 heterocycles. The Morgan fingerprint density at radius 3 is 2.70 bits per heavy atom. The minimum atomic E-state index is -1.09. The number of fused-ring (bicyclic) bond motifs is 3. The van der Waals surface area contributed by atoms with Crippen molar-refractivity contribution in [3.05, 3.63) is 17.7 Å². The molecule has 3 rings (SSSR count). The van der Waals surface area contributed by atoms with Gasteiger partial charge < -0.3 is 19.5 Å². The van der Waals surface area contributed by atoms with Gasteiger partial charge in [-0.1, -0.05) is 0 Å². The van der Waals surface area contributed by atoms with Crippen LogP contribution in [-0.4, -0.2) is 54.3 Å². The van der Waals surface area contributed by atoms with E-state index in [1.807, 2.05) is 0 Å². The fourth-order valence-corrected chi connectivity index (χ4v) is 2.48. The highest BCUT2D eigenvalue weighted by Crippen LogP contribution is 2.37. The van der Waals surface area contributed by atoms with Crippen LogP contribution in [0.5, 0.6) is 11.5 Å². The van der Waals surface area contributed by atoms with Crippen molar-refractivity contribution in [2.24, 2.45) is 10.1 Å². The molecule has 0 fully saturated rings. The Kier molecular flexibility index (Phi) is 3.61. The van der Waals surface area contributed by atoms with Crippen LogP contribution in [0.4, 0.5) is 5.69 Å². The summed E-state index contributed by atoms with van der Waals surface area (Å²) >= 11 is 0. The molecular formula is C14H14N4O5. The standard InChI is InChI=1S/C14H14N4O5/c1-22-10-3-7-8(4-11(10)23-2)15-6-18-9(5-12(19)20)14(21)17-16-13(7)18/h3-4,6,9H,5H2,1-2H3,(H,17,21)(H,19,20)/t9-/m0/s1. The summed E-state index contributed by atoms with van der Waals surface area (Å²) in [5.41, 5.74) is 3.55. The van der Waals surface area contributed by atoms with Crippen LogP contribution >= 0.6 is 0 Å². The quantitative estimate of drug-likeness (QED) is 0.826. The van der Waals surface area contributed by atoms with Crippen molar-refractivity contribution in [3.63, 3.8) is 0 Å². The van der Waals surface area contributed by atoms with Crippen LogP contribution < -0.4 is 14.9 Å². The Balaban J connectivity index is 2.07. The van der Waals surface area contributed by atoms with E-state index in [2.05, 4.69) is 15.5 Å². The lowest BCUT2D eigenvalue weighted by Crippen LogP contribution is -2.54. The first-order valence-corrected chi connectivity index (χ1v) is 6.73. The lowest BCUT2D eigenvalue weighted by Gasteiger charge is -2.34. The van der Waals surface area contributed by atoms with Crippen LogP contribution in [0.15, 0.2) is 22.2 Å². The number of rotatable bonds is 4. The fourth-order valence-electron chi connectivity index (χ4n) is 2.48. The number of aliphatic carboxylic acids is 1. The molecule has 0 radical (unpaired) electrons. The number of nitrogens with one attached hydrogen (secondary N) is 1. The van der Waals surface area contributed by atoms with Gasteiger partial charge in [0.15, 0.2) is 17.3 Å². The maximum absolute atomic E-state index is 11.9. The SMILES string of the molecule is COc1cc2c(cc1OC)C1=NNC(=O)[C@H](CC(=O)O)N1C=N2. The highest BCUT2D eigenvalue weighted by atomic mass is 16.5. The second-order valence-corrected chi connectivity index (χ2v) is 4.90. The average Bonchev–Trinajstić information content (AvgIpc) is 2.55. The van der Waals surface area contributed by atoms with Gasteiger partial charge in [-0.15, -0.1) is 0 Å². The van der Waals surface area contributed by atoms with Crippen LogP contribution in [0.3, 0.4) is 0 Å². The smallest absolute Gasteiger partial charge is 0.306 e. The second-order valence-electron chi connectivity index (χ2n) is 4.90. The molecule has 0 aliphatic carbocycles. The summed E-state index contributed by atoms with van der Waals surface area (Å²) < 4.78 is 10.5. The summed E-state index contributed by atoms with van der Waals surface area (Å²) in [6.45, 7) is 0. The number of benzene rings is 1. The number of carbonyl (C=O) groups is 2. The normalized spacial score (nSPS) is 18.5. The summed E-state index contributed by atoms with van der Waals surface area (Å²) in [7, 11) is 3.02. The zero-order valence-corrected chi connectivity index (χ0v) is 12.4. The van der Waals surface area contributed by atoms with Crippen molar-refractivity contribution in [1.29, 1.82) is 0 Å². The Labute approximate surface area is 131 Å². The molecule has 0 bridgehead atoms. The zero-order chi connectivity index (χ0) is 16.6. The maximum Gasteiger partial charge on any atom is 0.306 e. The minimum Gasteiger partial charge on any atom is -0.493 e. The van der Waals surface area contributed by atoms with Gasteiger partial charge in [-0.3, -0.25) is 9.59 Å². The number of aliphatic imine (C=N–C) groups is 1. The fraction of sp³-hybridized carbons (Fsp3) is 0.286. The minimum absolute atomic E-state index is 0.362. The van der Waals surface area contributed by atoms with Crippen molar-refractivity contribution in [3.8, 4) is 11.5 Å². The molecule has 0 unspecified atom stereocenters. The van der Waals surface area contributed by atoms with E-state index in [4.69, 9.17) is 14.6 Å². The van der Waals surface area contributed by atoms with Gasteiger partial charge in [-0.2, -0.15) is 5.10 Å². The topological polar surface area (TPSA) is 113 Å². The molecule has 9 heteroatoms. The van der Waals surface area contributed by atoms with Gasteiger partial charge in [0.25, 0.3) is 5.91 Å². The number of nitrogens with zero attached hydrogens (tertiary/aromatic N) is 3. The van der Waals surface area contributed by atoms with Gasteiger partial charge in [-0.25, -0.2) is 10.4 Å². The number of carbonyl (C=O) groups excluding carboxylic acids is 1. The molecule has 9 nitrogen and oxygen atoms in total. The molecule has 0 saturated heterocycles. The summed E-state index contributed by atoms with van der Waals surface area (Å²) in [6.07, 6.45) is 1.04. The summed E-state index contributed by atoms with van der Waals surface area (Å²) in [5, 5.41) is 13.0. The molecule has 0 spiro atoms. The van der Waals surface area contributed by atoms with Crippen LogP contribution in [0.25, 0.3) is 0 Å². The largest absolute Gasteiger partial charge is 0.493 e. The molecule has 23 heavy (non-hydrogen) atoms. The number of carboxylic acid groups (broad SMARTS) is 1. The number of amidine groups is 1. The molecule has 2 aliphatic rings. The Bertz CT molecular complexity index is 743. The van der Waals surface area contributed by atoms with Crippen LogP contribution in [-0.2, 0) is 9.59 Å². The first kappa shape index (κ1) is 14.8. The third-order valence-electron chi connectivity index (χ3n) is 3.59. The van der Waals surface area contributed by atoms with Crippen LogP contribution in [0.1, 0.15) is 12.0 Å². The van der Waals surface area contributed by atoms with Gasteiger partial charge in [0, 0.05) is 11.6 Å². The third-order valence-corrected chi connectivity index (χ3v) is 3.59. The van der Waals surface area contributed by atoms with Gasteiger partial charge in [0.05, 0.1) is 32.7 Å². The van der Waals surface area contributed by atoms with Crippen molar-refractivity contribution in [2.75, 3.05) is 14.2 Å². The number of hydrazone groups is 1. The molecule has 2 aliphatic heterocycles. The molecule has 1 amide bonds. The predicted octanol–water partition coefficient (Wildman–Crippen LogP) is 0.314. The Morgan fingerprint density at radius 1 is 1.35 bits per heavy atom. The van der Waals surface area contributed by atoms with E-state index in [0.717, 1.165) is 0 Å². The first-order valence-electron chi connectivity index (χ1n) is 6.73. The van der Waals surface area contributed by atoms with Crippen molar-refractivity contribution in [1.82, 2.24) is 10.3 Å². The molecular weight excluding hydrogens is 304 g/mol. The zero-order valence-electron chi connectivity index (χ0n) is 12.4. The van der Waals surface area contributed by atoms with E-state index in [1.165, 1.54) is 25.5 Å². The molecule has 1 atom stereocenters. The van der Waals surface area contributed by atoms with E-state index in [-0.39, 0.29) is 6.42 Å². The molecule has 1 aromatic rings. The highest BCUT2D eigenvalue weighted by Gasteiger charge is 2.37. The van der Waals surface area contributed by atoms with E-state index in [0.29, 0.717) is 28.6 Å². The van der Waals surface area contributed by atoms with E-state index in [1.54, 1.807) is 12.1 Å². The summed E-state index contributed by atoms with van der Waals surface area (Å²) in [6, 6.07) is 2.46. The van der Waals surface area contributed by atoms with Gasteiger partial charge in [-0.05, 0) is 6.07 Å². The van der Waals surface area contributed by atoms with Gasteiger partial charge in [0.2, 0.25) is 0 Å². The second kappa shape index (κ2) is 5.59. The van der Waals surface area contributed by atoms with Gasteiger partial charge in [0.1, 0.15) is 6.04 Å². The number of ether oxygens (including phenoxy) is 2. The predicted molar refractivity (Wildman–Crippen MR) is 80.3 cm³/mol. The highest BCUT2D eigenvalue weighted by molar-refractivity contribution is 6.15. The van der Waals surface area contributed by atoms with Crippen molar-refractivity contribution in [2.45, 2.75) is 12.5 Å². The van der Waals surface area contributed by atoms with Crippen LogP contribution in [0, 0.1) is 0 Å². The Hall–Kier alpha value is -3.10. The van der Waals surface area contributed by atoms with Crippen molar-refractivity contribution >= 4 is 29.7 Å². The van der Waals surface area contributed by atoms with Gasteiger partial charge >= 0.3 is 5.97 Å². The third kappa shape index (κ3) is 2.45. The Morgan fingerprint density at radius 2 is 2.04 bits per heavy atom. The maximum atomic E-state index is 11.9. The first-order chi connectivity index (χ1) is 11.0. The molecule has 2 N–H and O–H groups in total. The van der Waals surface area contributed by atoms with Crippen molar-refractivity contribution < 1.29 is 24.2 Å². The lowest BCUT2D eigenvalue weighted by molar-refractivity contribution is -0.140. The number of carboxylic acids is 1. The van der Waals surface area contributed by atoms with E-state index >= 15 is 0 Å². The summed E-state index contributed by atoms with van der Waals surface area (Å²) in [4.78, 5) is 28.6. The molecule has 120 valence electrons. The summed E-state index contributed by atoms with van der Waals surface area (Å²) in [5.74, 6) is -0.177. The number of methoxy groups -OCH3 is 2. The lowest BCUT2D eigenvalue weighted by atomic mass is 10.0. The van der Waals surface area contributed by atoms with E-state index < -0.39 is 17.9 Å². The number of hydrogen-bond donors (Lipinski definition) is 2. The van der Waals surface area contributed by atoms with Crippen LogP contribution in [0.2, 0.25) is 0 Å². The van der Waals surface area contributed by atoms with E-state index in [9.17, 15) is 9.59 Å². The molecule has 0 aromatic heterocycles. The molecule has 1 aromatic carbocycles. The number of amides is 1. The monoisotopic (exact) mass is 318 g/mol.